The number of nitrogens with zero attached hydrogens (tertiary/aromatic N) is 1. The van der Waals surface area contributed by atoms with Crippen molar-refractivity contribution in [2.24, 2.45) is 0 Å². The zero-order valence-electron chi connectivity index (χ0n) is 8.84. The Labute approximate surface area is 93.0 Å². The fourth-order valence-corrected chi connectivity index (χ4v) is 1.44. The van der Waals surface area contributed by atoms with Gasteiger partial charge in [0.1, 0.15) is 12.6 Å². The Hall–Kier alpha value is -1.88. The SMILES string of the molecule is CC1C(=O)NC(=O)N1OCc1ccccc1. The van der Waals surface area contributed by atoms with Gasteiger partial charge in [0.05, 0.1) is 0 Å². The van der Waals surface area contributed by atoms with Gasteiger partial charge in [-0.2, -0.15) is 5.06 Å². The molecular formula is C11H12N2O3. The molecule has 0 spiro atoms. The summed E-state index contributed by atoms with van der Waals surface area (Å²) in [5.41, 5.74) is 0.946. The maximum atomic E-state index is 11.3. The number of carbonyl (C=O) groups excluding carboxylic acids is 2. The molecule has 0 aliphatic carbocycles. The second kappa shape index (κ2) is 4.32. The molecule has 1 aromatic rings. The number of hydroxylamine groups is 2. The van der Waals surface area contributed by atoms with Crippen molar-refractivity contribution in [2.75, 3.05) is 0 Å². The third kappa shape index (κ3) is 2.04. The number of rotatable bonds is 3. The molecule has 16 heavy (non-hydrogen) atoms. The topological polar surface area (TPSA) is 58.6 Å². The number of nitrogens with one attached hydrogen (secondary N) is 1. The Bertz CT molecular complexity index is 405. The molecule has 1 N–H and O–H groups in total. The van der Waals surface area contributed by atoms with Crippen LogP contribution in [0.15, 0.2) is 30.3 Å². The summed E-state index contributed by atoms with van der Waals surface area (Å²) >= 11 is 0. The van der Waals surface area contributed by atoms with Crippen LogP contribution >= 0.6 is 0 Å². The summed E-state index contributed by atoms with van der Waals surface area (Å²) in [6.07, 6.45) is 0. The first-order valence-corrected chi connectivity index (χ1v) is 4.99. The fourth-order valence-electron chi connectivity index (χ4n) is 1.44. The molecule has 0 radical (unpaired) electrons. The largest absolute Gasteiger partial charge is 0.348 e. The van der Waals surface area contributed by atoms with Crippen LogP contribution in [0, 0.1) is 0 Å². The van der Waals surface area contributed by atoms with Crippen LogP contribution in [0.1, 0.15) is 12.5 Å². The van der Waals surface area contributed by atoms with Crippen LogP contribution in [0.4, 0.5) is 4.79 Å². The molecule has 2 rings (SSSR count). The normalized spacial score (nSPS) is 20.1. The van der Waals surface area contributed by atoms with E-state index in [1.165, 1.54) is 0 Å². The Morgan fingerprint density at radius 2 is 2.00 bits per heavy atom. The van der Waals surface area contributed by atoms with Crippen LogP contribution in [0.3, 0.4) is 0 Å². The highest BCUT2D eigenvalue weighted by Gasteiger charge is 2.36. The van der Waals surface area contributed by atoms with Crippen molar-refractivity contribution in [3.63, 3.8) is 0 Å². The van der Waals surface area contributed by atoms with Crippen molar-refractivity contribution < 1.29 is 14.4 Å². The lowest BCUT2D eigenvalue weighted by Crippen LogP contribution is -2.32. The molecule has 0 saturated carbocycles. The van der Waals surface area contributed by atoms with Crippen molar-refractivity contribution in [2.45, 2.75) is 19.6 Å². The second-order valence-electron chi connectivity index (χ2n) is 3.56. The van der Waals surface area contributed by atoms with E-state index in [4.69, 9.17) is 4.84 Å². The van der Waals surface area contributed by atoms with Crippen LogP contribution in [0.2, 0.25) is 0 Å². The van der Waals surface area contributed by atoms with Gasteiger partial charge in [0.15, 0.2) is 0 Å². The Morgan fingerprint density at radius 1 is 1.31 bits per heavy atom. The third-order valence-corrected chi connectivity index (χ3v) is 2.37. The van der Waals surface area contributed by atoms with Crippen LogP contribution in [-0.2, 0) is 16.2 Å². The van der Waals surface area contributed by atoms with Gasteiger partial charge in [0.25, 0.3) is 5.91 Å². The van der Waals surface area contributed by atoms with Gasteiger partial charge in [-0.25, -0.2) is 4.79 Å². The predicted octanol–water partition coefficient (Wildman–Crippen LogP) is 1.06. The Morgan fingerprint density at radius 3 is 2.56 bits per heavy atom. The molecule has 1 fully saturated rings. The van der Waals surface area contributed by atoms with Crippen LogP contribution in [0.5, 0.6) is 0 Å². The molecule has 5 nitrogen and oxygen atoms in total. The first-order valence-electron chi connectivity index (χ1n) is 4.99. The van der Waals surface area contributed by atoms with Gasteiger partial charge in [-0.05, 0) is 12.5 Å². The van der Waals surface area contributed by atoms with Crippen LogP contribution in [-0.4, -0.2) is 23.0 Å². The number of hydrogen-bond acceptors (Lipinski definition) is 3. The zero-order valence-corrected chi connectivity index (χ0v) is 8.84. The molecule has 84 valence electrons. The van der Waals surface area contributed by atoms with E-state index in [1.807, 2.05) is 30.3 Å². The van der Waals surface area contributed by atoms with Crippen LogP contribution in [0.25, 0.3) is 0 Å². The molecule has 0 aromatic heterocycles. The van der Waals surface area contributed by atoms with E-state index in [0.29, 0.717) is 0 Å². The summed E-state index contributed by atoms with van der Waals surface area (Å²) in [6, 6.07) is 8.37. The Balaban J connectivity index is 1.96. The van der Waals surface area contributed by atoms with Crippen molar-refractivity contribution in [1.82, 2.24) is 10.4 Å². The third-order valence-electron chi connectivity index (χ3n) is 2.37. The predicted molar refractivity (Wildman–Crippen MR) is 56.1 cm³/mol. The molecule has 1 aliphatic rings. The van der Waals surface area contributed by atoms with Gasteiger partial charge in [-0.3, -0.25) is 14.9 Å². The second-order valence-corrected chi connectivity index (χ2v) is 3.56. The minimum atomic E-state index is -0.573. The summed E-state index contributed by atoms with van der Waals surface area (Å²) in [5.74, 6) is -0.335. The van der Waals surface area contributed by atoms with E-state index >= 15 is 0 Å². The summed E-state index contributed by atoms with van der Waals surface area (Å²) in [4.78, 5) is 27.7. The highest BCUT2D eigenvalue weighted by Crippen LogP contribution is 2.11. The average molecular weight is 220 g/mol. The monoisotopic (exact) mass is 220 g/mol. The van der Waals surface area contributed by atoms with Crippen molar-refractivity contribution in [3.8, 4) is 0 Å². The van der Waals surface area contributed by atoms with E-state index in [2.05, 4.69) is 5.32 Å². The summed E-state index contributed by atoms with van der Waals surface area (Å²) < 4.78 is 0. The molecule has 1 unspecified atom stereocenters. The van der Waals surface area contributed by atoms with Gasteiger partial charge in [-0.15, -0.1) is 0 Å². The highest BCUT2D eigenvalue weighted by molar-refractivity contribution is 6.03. The quantitative estimate of drug-likeness (QED) is 0.775. The number of carbonyl (C=O) groups is 2. The number of benzene rings is 1. The first-order chi connectivity index (χ1) is 7.68. The maximum Gasteiger partial charge on any atom is 0.348 e. The van der Waals surface area contributed by atoms with Crippen LogP contribution < -0.4 is 5.32 Å². The molecule has 0 bridgehead atoms. The lowest BCUT2D eigenvalue weighted by molar-refractivity contribution is -0.150. The standard InChI is InChI=1S/C11H12N2O3/c1-8-10(14)12-11(15)13(8)16-7-9-5-3-2-4-6-9/h2-6,8H,7H2,1H3,(H,12,14,15). The average Bonchev–Trinajstić information content (AvgIpc) is 2.53. The highest BCUT2D eigenvalue weighted by atomic mass is 16.7. The summed E-state index contributed by atoms with van der Waals surface area (Å²) in [6.45, 7) is 1.89. The summed E-state index contributed by atoms with van der Waals surface area (Å²) in [5, 5.41) is 3.24. The number of imide groups is 1. The molecule has 5 heteroatoms. The lowest BCUT2D eigenvalue weighted by atomic mass is 10.2. The van der Waals surface area contributed by atoms with Gasteiger partial charge in [0, 0.05) is 0 Å². The van der Waals surface area contributed by atoms with E-state index in [9.17, 15) is 9.59 Å². The number of amides is 3. The Kier molecular flexibility index (Phi) is 2.87. The fraction of sp³-hybridized carbons (Fsp3) is 0.273. The first kappa shape index (κ1) is 10.6. The maximum absolute atomic E-state index is 11.3. The van der Waals surface area contributed by atoms with Gasteiger partial charge in [-0.1, -0.05) is 30.3 Å². The molecule has 1 saturated heterocycles. The lowest BCUT2D eigenvalue weighted by Gasteiger charge is -2.17. The van der Waals surface area contributed by atoms with E-state index in [1.54, 1.807) is 6.92 Å². The molecule has 1 atom stereocenters. The summed E-state index contributed by atoms with van der Waals surface area (Å²) in [7, 11) is 0. The van der Waals surface area contributed by atoms with Gasteiger partial charge >= 0.3 is 6.03 Å². The van der Waals surface area contributed by atoms with Gasteiger partial charge < -0.3 is 0 Å². The van der Waals surface area contributed by atoms with Crippen molar-refractivity contribution in [3.05, 3.63) is 35.9 Å². The van der Waals surface area contributed by atoms with Crippen molar-refractivity contribution in [1.29, 1.82) is 0 Å². The van der Waals surface area contributed by atoms with E-state index < -0.39 is 12.1 Å². The molecule has 1 heterocycles. The van der Waals surface area contributed by atoms with Gasteiger partial charge in [0.2, 0.25) is 0 Å². The molecule has 3 amide bonds. The zero-order chi connectivity index (χ0) is 11.5. The smallest absolute Gasteiger partial charge is 0.274 e. The van der Waals surface area contributed by atoms with E-state index in [-0.39, 0.29) is 12.5 Å². The minimum Gasteiger partial charge on any atom is -0.274 e. The number of urea groups is 1. The number of hydrogen-bond donors (Lipinski definition) is 1. The van der Waals surface area contributed by atoms with E-state index in [0.717, 1.165) is 10.6 Å². The molecule has 1 aliphatic heterocycles. The molecular weight excluding hydrogens is 208 g/mol. The minimum absolute atomic E-state index is 0.270. The molecule has 1 aromatic carbocycles. The van der Waals surface area contributed by atoms with Crippen molar-refractivity contribution >= 4 is 11.9 Å².